The van der Waals surface area contributed by atoms with Crippen molar-refractivity contribution >= 4 is 33.6 Å². The van der Waals surface area contributed by atoms with Gasteiger partial charge in [0.15, 0.2) is 6.61 Å². The van der Waals surface area contributed by atoms with Gasteiger partial charge in [-0.15, -0.1) is 0 Å². The summed E-state index contributed by atoms with van der Waals surface area (Å²) in [4.78, 5) is 11.9. The summed E-state index contributed by atoms with van der Waals surface area (Å²) in [5.74, 6) is 0.324. The SMILES string of the molecule is N#CC(C#N)=Cc1ccc(NC(=O)COc2ccc(Br)cc2)cc1. The lowest BCUT2D eigenvalue weighted by molar-refractivity contribution is -0.118. The van der Waals surface area contributed by atoms with Crippen molar-refractivity contribution in [3.8, 4) is 17.9 Å². The molecule has 118 valence electrons. The van der Waals surface area contributed by atoms with Crippen molar-refractivity contribution in [2.24, 2.45) is 0 Å². The van der Waals surface area contributed by atoms with E-state index in [1.165, 1.54) is 6.08 Å². The molecule has 0 aliphatic carbocycles. The number of carbonyl (C=O) groups excluding carboxylic acids is 1. The van der Waals surface area contributed by atoms with Gasteiger partial charge in [-0.05, 0) is 48.0 Å². The first-order chi connectivity index (χ1) is 11.6. The highest BCUT2D eigenvalue weighted by Gasteiger charge is 2.04. The lowest BCUT2D eigenvalue weighted by Gasteiger charge is -2.08. The topological polar surface area (TPSA) is 85.9 Å². The van der Waals surface area contributed by atoms with Crippen molar-refractivity contribution in [3.63, 3.8) is 0 Å². The maximum atomic E-state index is 11.9. The predicted molar refractivity (Wildman–Crippen MR) is 93.9 cm³/mol. The van der Waals surface area contributed by atoms with E-state index in [0.29, 0.717) is 17.0 Å². The molecule has 1 amide bonds. The average molecular weight is 382 g/mol. The zero-order chi connectivity index (χ0) is 17.4. The van der Waals surface area contributed by atoms with E-state index in [1.807, 2.05) is 12.1 Å². The molecule has 0 aliphatic rings. The molecule has 2 aromatic rings. The monoisotopic (exact) mass is 381 g/mol. The van der Waals surface area contributed by atoms with E-state index in [1.54, 1.807) is 48.5 Å². The Morgan fingerprint density at radius 1 is 1.08 bits per heavy atom. The fraction of sp³-hybridized carbons (Fsp3) is 0.0556. The van der Waals surface area contributed by atoms with Crippen LogP contribution in [0.3, 0.4) is 0 Å². The number of allylic oxidation sites excluding steroid dienone is 1. The fourth-order valence-corrected chi connectivity index (χ4v) is 2.06. The van der Waals surface area contributed by atoms with Crippen LogP contribution in [0.15, 0.2) is 58.6 Å². The number of nitrogens with zero attached hydrogens (tertiary/aromatic N) is 2. The Morgan fingerprint density at radius 3 is 2.29 bits per heavy atom. The molecule has 0 radical (unpaired) electrons. The number of anilines is 1. The maximum Gasteiger partial charge on any atom is 0.262 e. The zero-order valence-corrected chi connectivity index (χ0v) is 14.1. The number of carbonyl (C=O) groups is 1. The Labute approximate surface area is 147 Å². The third kappa shape index (κ3) is 5.28. The highest BCUT2D eigenvalue weighted by atomic mass is 79.9. The van der Waals surface area contributed by atoms with Crippen molar-refractivity contribution in [3.05, 3.63) is 64.1 Å². The molecule has 0 fully saturated rings. The summed E-state index contributed by atoms with van der Waals surface area (Å²) in [6.45, 7) is -0.101. The smallest absolute Gasteiger partial charge is 0.262 e. The molecule has 0 bridgehead atoms. The van der Waals surface area contributed by atoms with Crippen LogP contribution in [0.5, 0.6) is 5.75 Å². The average Bonchev–Trinajstić information content (AvgIpc) is 2.60. The maximum absolute atomic E-state index is 11.9. The van der Waals surface area contributed by atoms with Crippen LogP contribution >= 0.6 is 15.9 Å². The number of hydrogen-bond donors (Lipinski definition) is 1. The highest BCUT2D eigenvalue weighted by Crippen LogP contribution is 2.16. The van der Waals surface area contributed by atoms with Crippen molar-refractivity contribution in [2.75, 3.05) is 11.9 Å². The molecule has 0 saturated carbocycles. The summed E-state index contributed by atoms with van der Waals surface area (Å²) in [7, 11) is 0. The summed E-state index contributed by atoms with van der Waals surface area (Å²) in [5.41, 5.74) is 1.33. The number of nitrogens with one attached hydrogen (secondary N) is 1. The molecule has 0 aliphatic heterocycles. The standard InChI is InChI=1S/C18H12BrN3O2/c19-15-3-7-17(8-4-15)24-12-18(23)22-16-5-1-13(2-6-16)9-14(10-20)11-21/h1-9H,12H2,(H,22,23). The van der Waals surface area contributed by atoms with Gasteiger partial charge in [-0.1, -0.05) is 28.1 Å². The first-order valence-corrected chi connectivity index (χ1v) is 7.70. The predicted octanol–water partition coefficient (Wildman–Crippen LogP) is 3.90. The van der Waals surface area contributed by atoms with Gasteiger partial charge in [0.2, 0.25) is 0 Å². The number of nitriles is 2. The Balaban J connectivity index is 1.90. The van der Waals surface area contributed by atoms with E-state index in [4.69, 9.17) is 15.3 Å². The molecule has 2 aromatic carbocycles. The summed E-state index contributed by atoms with van der Waals surface area (Å²) in [5, 5.41) is 20.1. The van der Waals surface area contributed by atoms with Gasteiger partial charge in [0.25, 0.3) is 5.91 Å². The van der Waals surface area contributed by atoms with Gasteiger partial charge in [-0.25, -0.2) is 0 Å². The first-order valence-electron chi connectivity index (χ1n) is 6.91. The fourth-order valence-electron chi connectivity index (χ4n) is 1.80. The Hall–Kier alpha value is -3.09. The van der Waals surface area contributed by atoms with Crippen molar-refractivity contribution < 1.29 is 9.53 Å². The van der Waals surface area contributed by atoms with Crippen molar-refractivity contribution in [1.29, 1.82) is 10.5 Å². The van der Waals surface area contributed by atoms with Gasteiger partial charge in [-0.3, -0.25) is 4.79 Å². The third-order valence-corrected chi connectivity index (χ3v) is 3.46. The van der Waals surface area contributed by atoms with Crippen LogP contribution in [0.25, 0.3) is 6.08 Å². The molecular formula is C18H12BrN3O2. The first kappa shape index (κ1) is 17.3. The van der Waals surface area contributed by atoms with Crippen LogP contribution in [-0.4, -0.2) is 12.5 Å². The molecule has 2 rings (SSSR count). The van der Waals surface area contributed by atoms with Gasteiger partial charge >= 0.3 is 0 Å². The summed E-state index contributed by atoms with van der Waals surface area (Å²) >= 11 is 3.32. The molecule has 0 saturated heterocycles. The highest BCUT2D eigenvalue weighted by molar-refractivity contribution is 9.10. The summed E-state index contributed by atoms with van der Waals surface area (Å²) < 4.78 is 6.32. The van der Waals surface area contributed by atoms with Crippen LogP contribution in [0.1, 0.15) is 5.56 Å². The minimum absolute atomic E-state index is 0.0229. The molecule has 0 unspecified atom stereocenters. The van der Waals surface area contributed by atoms with Crippen LogP contribution < -0.4 is 10.1 Å². The van der Waals surface area contributed by atoms with Crippen molar-refractivity contribution in [1.82, 2.24) is 0 Å². The molecule has 5 nitrogen and oxygen atoms in total. The number of amides is 1. The van der Waals surface area contributed by atoms with E-state index in [-0.39, 0.29) is 18.1 Å². The molecule has 1 N–H and O–H groups in total. The van der Waals surface area contributed by atoms with Gasteiger partial charge in [0.1, 0.15) is 23.5 Å². The Kier molecular flexibility index (Phi) is 6.13. The lowest BCUT2D eigenvalue weighted by Crippen LogP contribution is -2.20. The number of ether oxygens (including phenoxy) is 1. The molecular weight excluding hydrogens is 370 g/mol. The third-order valence-electron chi connectivity index (χ3n) is 2.93. The van der Waals surface area contributed by atoms with Gasteiger partial charge in [0, 0.05) is 10.2 Å². The minimum Gasteiger partial charge on any atom is -0.484 e. The van der Waals surface area contributed by atoms with E-state index < -0.39 is 0 Å². The molecule has 6 heteroatoms. The van der Waals surface area contributed by atoms with Crippen molar-refractivity contribution in [2.45, 2.75) is 0 Å². The lowest BCUT2D eigenvalue weighted by atomic mass is 10.1. The Morgan fingerprint density at radius 2 is 1.71 bits per heavy atom. The number of benzene rings is 2. The summed E-state index contributed by atoms with van der Waals surface area (Å²) in [6.07, 6.45) is 1.47. The minimum atomic E-state index is -0.282. The second kappa shape index (κ2) is 8.52. The summed E-state index contributed by atoms with van der Waals surface area (Å²) in [6, 6.07) is 17.6. The van der Waals surface area contributed by atoms with E-state index in [9.17, 15) is 4.79 Å². The van der Waals surface area contributed by atoms with E-state index in [2.05, 4.69) is 21.2 Å². The van der Waals surface area contributed by atoms with Gasteiger partial charge < -0.3 is 10.1 Å². The van der Waals surface area contributed by atoms with Crippen LogP contribution in [-0.2, 0) is 4.79 Å². The largest absolute Gasteiger partial charge is 0.484 e. The van der Waals surface area contributed by atoms with Crippen LogP contribution in [0.4, 0.5) is 5.69 Å². The number of hydrogen-bond acceptors (Lipinski definition) is 4. The second-order valence-electron chi connectivity index (χ2n) is 4.69. The quantitative estimate of drug-likeness (QED) is 0.795. The molecule has 0 spiro atoms. The number of rotatable bonds is 5. The van der Waals surface area contributed by atoms with Crippen LogP contribution in [0.2, 0.25) is 0 Å². The number of halogens is 1. The van der Waals surface area contributed by atoms with Gasteiger partial charge in [-0.2, -0.15) is 10.5 Å². The normalized spacial score (nSPS) is 9.29. The Bertz CT molecular complexity index is 813. The van der Waals surface area contributed by atoms with Crippen LogP contribution in [0, 0.1) is 22.7 Å². The molecule has 0 heterocycles. The second-order valence-corrected chi connectivity index (χ2v) is 5.61. The van der Waals surface area contributed by atoms with E-state index >= 15 is 0 Å². The van der Waals surface area contributed by atoms with E-state index in [0.717, 1.165) is 4.47 Å². The molecule has 0 atom stereocenters. The molecule has 24 heavy (non-hydrogen) atoms. The van der Waals surface area contributed by atoms with Gasteiger partial charge in [0.05, 0.1) is 0 Å². The molecule has 0 aromatic heterocycles. The zero-order valence-electron chi connectivity index (χ0n) is 12.5.